The summed E-state index contributed by atoms with van der Waals surface area (Å²) < 4.78 is 29.6. The molecule has 4 nitrogen and oxygen atoms in total. The van der Waals surface area contributed by atoms with Crippen LogP contribution in [0.2, 0.25) is 0 Å². The second-order valence-electron chi connectivity index (χ2n) is 2.68. The van der Waals surface area contributed by atoms with Crippen molar-refractivity contribution in [3.63, 3.8) is 0 Å². The number of nitrogens with zero attached hydrogens (tertiary/aromatic N) is 1. The second-order valence-corrected chi connectivity index (χ2v) is 2.68. The Bertz CT molecular complexity index is 369. The summed E-state index contributed by atoms with van der Waals surface area (Å²) in [5, 5.41) is 0. The maximum atomic E-state index is 12.5. The Balaban J connectivity index is 3.18. The Kier molecular flexibility index (Phi) is 3.54. The molecule has 0 aromatic carbocycles. The SMILES string of the molecule is CCOC(=O)c1c(N)ccnc1C(F)F. The average molecular weight is 216 g/mol. The smallest absolute Gasteiger partial charge is 0.342 e. The van der Waals surface area contributed by atoms with Gasteiger partial charge in [-0.2, -0.15) is 0 Å². The molecular weight excluding hydrogens is 206 g/mol. The lowest BCUT2D eigenvalue weighted by Crippen LogP contribution is -2.13. The summed E-state index contributed by atoms with van der Waals surface area (Å²) in [7, 11) is 0. The monoisotopic (exact) mass is 216 g/mol. The summed E-state index contributed by atoms with van der Waals surface area (Å²) >= 11 is 0. The summed E-state index contributed by atoms with van der Waals surface area (Å²) in [6.45, 7) is 1.67. The molecule has 0 spiro atoms. The van der Waals surface area contributed by atoms with Crippen molar-refractivity contribution >= 4 is 11.7 Å². The van der Waals surface area contributed by atoms with Crippen LogP contribution in [0.15, 0.2) is 12.3 Å². The number of esters is 1. The second kappa shape index (κ2) is 4.68. The van der Waals surface area contributed by atoms with Gasteiger partial charge in [-0.3, -0.25) is 4.98 Å². The highest BCUT2D eigenvalue weighted by atomic mass is 19.3. The van der Waals surface area contributed by atoms with Crippen LogP contribution < -0.4 is 5.73 Å². The molecule has 0 radical (unpaired) electrons. The van der Waals surface area contributed by atoms with Crippen molar-refractivity contribution in [3.8, 4) is 0 Å². The number of carbonyl (C=O) groups is 1. The van der Waals surface area contributed by atoms with Crippen LogP contribution >= 0.6 is 0 Å². The number of anilines is 1. The third-order valence-corrected chi connectivity index (χ3v) is 1.70. The Morgan fingerprint density at radius 1 is 1.67 bits per heavy atom. The van der Waals surface area contributed by atoms with Crippen molar-refractivity contribution in [2.24, 2.45) is 0 Å². The number of halogens is 2. The van der Waals surface area contributed by atoms with Gasteiger partial charge in [0, 0.05) is 11.9 Å². The van der Waals surface area contributed by atoms with Crippen LogP contribution in [0.1, 0.15) is 29.4 Å². The molecule has 2 N–H and O–H groups in total. The molecule has 0 aliphatic heterocycles. The first-order valence-corrected chi connectivity index (χ1v) is 4.27. The van der Waals surface area contributed by atoms with Crippen molar-refractivity contribution < 1.29 is 18.3 Å². The number of hydrogen-bond acceptors (Lipinski definition) is 4. The number of aromatic nitrogens is 1. The minimum absolute atomic E-state index is 0.0567. The van der Waals surface area contributed by atoms with Crippen LogP contribution in [0, 0.1) is 0 Å². The highest BCUT2D eigenvalue weighted by Crippen LogP contribution is 2.25. The van der Waals surface area contributed by atoms with Crippen molar-refractivity contribution in [2.45, 2.75) is 13.3 Å². The van der Waals surface area contributed by atoms with Crippen LogP contribution in [0.4, 0.5) is 14.5 Å². The van der Waals surface area contributed by atoms with Gasteiger partial charge in [0.15, 0.2) is 0 Å². The summed E-state index contributed by atoms with van der Waals surface area (Å²) in [4.78, 5) is 14.7. The number of alkyl halides is 2. The van der Waals surface area contributed by atoms with E-state index in [9.17, 15) is 13.6 Å². The van der Waals surface area contributed by atoms with E-state index in [4.69, 9.17) is 5.73 Å². The van der Waals surface area contributed by atoms with Gasteiger partial charge in [-0.05, 0) is 13.0 Å². The number of hydrogen-bond donors (Lipinski definition) is 1. The van der Waals surface area contributed by atoms with Gasteiger partial charge in [-0.25, -0.2) is 13.6 Å². The molecule has 1 aromatic heterocycles. The molecule has 82 valence electrons. The van der Waals surface area contributed by atoms with Crippen LogP contribution in [0.25, 0.3) is 0 Å². The van der Waals surface area contributed by atoms with Crippen molar-refractivity contribution in [3.05, 3.63) is 23.5 Å². The van der Waals surface area contributed by atoms with Gasteiger partial charge in [-0.15, -0.1) is 0 Å². The fraction of sp³-hybridized carbons (Fsp3) is 0.333. The molecule has 0 aliphatic carbocycles. The van der Waals surface area contributed by atoms with E-state index < -0.39 is 18.1 Å². The first-order chi connectivity index (χ1) is 7.07. The number of pyridine rings is 1. The minimum atomic E-state index is -2.85. The molecule has 0 amide bonds. The Hall–Kier alpha value is -1.72. The maximum Gasteiger partial charge on any atom is 0.342 e. The van der Waals surface area contributed by atoms with E-state index in [0.29, 0.717) is 0 Å². The quantitative estimate of drug-likeness (QED) is 0.782. The fourth-order valence-corrected chi connectivity index (χ4v) is 1.08. The lowest BCUT2D eigenvalue weighted by molar-refractivity contribution is 0.0515. The standard InChI is InChI=1S/C9H10F2N2O2/c1-2-15-9(14)6-5(12)3-4-13-7(6)8(10)11/h3-4,8H,2H2,1H3,(H2,12,13). The molecule has 1 rings (SSSR count). The van der Waals surface area contributed by atoms with E-state index in [0.717, 1.165) is 6.20 Å². The van der Waals surface area contributed by atoms with Crippen LogP contribution in [-0.2, 0) is 4.74 Å². The molecule has 0 fully saturated rings. The molecule has 6 heteroatoms. The zero-order valence-corrected chi connectivity index (χ0v) is 8.04. The molecule has 0 aliphatic rings. The fourth-order valence-electron chi connectivity index (χ4n) is 1.08. The van der Waals surface area contributed by atoms with Crippen LogP contribution in [-0.4, -0.2) is 17.6 Å². The summed E-state index contributed by atoms with van der Waals surface area (Å²) in [5.41, 5.74) is 4.36. The Morgan fingerprint density at radius 2 is 2.33 bits per heavy atom. The largest absolute Gasteiger partial charge is 0.462 e. The normalized spacial score (nSPS) is 10.4. The number of nitrogens with two attached hydrogens (primary N) is 1. The van der Waals surface area contributed by atoms with E-state index >= 15 is 0 Å². The third-order valence-electron chi connectivity index (χ3n) is 1.70. The van der Waals surface area contributed by atoms with Gasteiger partial charge in [-0.1, -0.05) is 0 Å². The van der Waals surface area contributed by atoms with Crippen LogP contribution in [0.3, 0.4) is 0 Å². The molecule has 0 atom stereocenters. The van der Waals surface area contributed by atoms with Gasteiger partial charge < -0.3 is 10.5 Å². The van der Waals surface area contributed by atoms with E-state index in [1.54, 1.807) is 6.92 Å². The molecule has 1 aromatic rings. The summed E-state index contributed by atoms with van der Waals surface area (Å²) in [6.07, 6.45) is -1.73. The average Bonchev–Trinajstić information content (AvgIpc) is 2.17. The first-order valence-electron chi connectivity index (χ1n) is 4.27. The number of rotatable bonds is 3. The molecule has 0 saturated heterocycles. The molecular formula is C9H10F2N2O2. The van der Waals surface area contributed by atoms with Gasteiger partial charge in [0.1, 0.15) is 11.3 Å². The van der Waals surface area contributed by atoms with Gasteiger partial charge in [0.25, 0.3) is 6.43 Å². The lowest BCUT2D eigenvalue weighted by atomic mass is 10.1. The Labute approximate surface area is 85.1 Å². The zero-order chi connectivity index (χ0) is 11.4. The highest BCUT2D eigenvalue weighted by molar-refractivity contribution is 5.96. The summed E-state index contributed by atoms with van der Waals surface area (Å²) in [5.74, 6) is -0.876. The van der Waals surface area contributed by atoms with Gasteiger partial charge in [0.2, 0.25) is 0 Å². The van der Waals surface area contributed by atoms with E-state index in [1.807, 2.05) is 0 Å². The predicted octanol–water partition coefficient (Wildman–Crippen LogP) is 1.78. The van der Waals surface area contributed by atoms with Gasteiger partial charge >= 0.3 is 5.97 Å². The van der Waals surface area contributed by atoms with E-state index in [-0.39, 0.29) is 17.9 Å². The Morgan fingerprint density at radius 3 is 2.87 bits per heavy atom. The van der Waals surface area contributed by atoms with Crippen molar-refractivity contribution in [2.75, 3.05) is 12.3 Å². The maximum absolute atomic E-state index is 12.5. The molecule has 15 heavy (non-hydrogen) atoms. The third kappa shape index (κ3) is 2.39. The number of ether oxygens (including phenoxy) is 1. The zero-order valence-electron chi connectivity index (χ0n) is 8.04. The van der Waals surface area contributed by atoms with E-state index in [1.165, 1.54) is 6.07 Å². The lowest BCUT2D eigenvalue weighted by Gasteiger charge is -2.09. The summed E-state index contributed by atoms with van der Waals surface area (Å²) in [6, 6.07) is 1.28. The number of carbonyl (C=O) groups excluding carboxylic acids is 1. The number of nitrogen functional groups attached to an aromatic ring is 1. The topological polar surface area (TPSA) is 65.2 Å². The predicted molar refractivity (Wildman–Crippen MR) is 49.6 cm³/mol. The van der Waals surface area contributed by atoms with E-state index in [2.05, 4.69) is 9.72 Å². The molecule has 0 unspecified atom stereocenters. The molecule has 0 saturated carbocycles. The highest BCUT2D eigenvalue weighted by Gasteiger charge is 2.23. The molecule has 1 heterocycles. The van der Waals surface area contributed by atoms with Crippen LogP contribution in [0.5, 0.6) is 0 Å². The van der Waals surface area contributed by atoms with Crippen molar-refractivity contribution in [1.29, 1.82) is 0 Å². The van der Waals surface area contributed by atoms with Gasteiger partial charge in [0.05, 0.1) is 6.61 Å². The van der Waals surface area contributed by atoms with Crippen molar-refractivity contribution in [1.82, 2.24) is 4.98 Å². The minimum Gasteiger partial charge on any atom is -0.462 e. The molecule has 0 bridgehead atoms. The first kappa shape index (κ1) is 11.4.